The van der Waals surface area contributed by atoms with E-state index in [9.17, 15) is 0 Å². The first-order valence-corrected chi connectivity index (χ1v) is 10.1. The van der Waals surface area contributed by atoms with Crippen molar-refractivity contribution in [3.05, 3.63) is 98.9 Å². The van der Waals surface area contributed by atoms with E-state index in [1.165, 1.54) is 16.8 Å². The highest BCUT2D eigenvalue weighted by Crippen LogP contribution is 2.37. The smallest absolute Gasteiger partial charge is 0.148 e. The molecule has 1 aliphatic rings. The highest BCUT2D eigenvalue weighted by Gasteiger charge is 2.35. The van der Waals surface area contributed by atoms with Gasteiger partial charge in [-0.05, 0) is 54.4 Å². The van der Waals surface area contributed by atoms with Crippen LogP contribution in [0.1, 0.15) is 24.2 Å². The predicted octanol–water partition coefficient (Wildman–Crippen LogP) is 6.61. The zero-order chi connectivity index (χ0) is 18.1. The largest absolute Gasteiger partial charge is 0.337 e. The number of rotatable bonds is 3. The van der Waals surface area contributed by atoms with Crippen LogP contribution in [-0.4, -0.2) is 11.8 Å². The molecule has 1 aliphatic heterocycles. The van der Waals surface area contributed by atoms with Crippen molar-refractivity contribution in [3.8, 4) is 0 Å². The Bertz CT molecular complexity index is 919. The van der Waals surface area contributed by atoms with Crippen LogP contribution >= 0.6 is 31.9 Å². The second-order valence-electron chi connectivity index (χ2n) is 6.37. The van der Waals surface area contributed by atoms with Gasteiger partial charge in [-0.1, -0.05) is 74.3 Å². The molecule has 4 heteroatoms. The minimum atomic E-state index is -0.0222. The zero-order valence-electron chi connectivity index (χ0n) is 14.3. The van der Waals surface area contributed by atoms with Gasteiger partial charge in [0.05, 0.1) is 11.8 Å². The summed E-state index contributed by atoms with van der Waals surface area (Å²) in [7, 11) is 0. The lowest BCUT2D eigenvalue weighted by atomic mass is 10.0. The van der Waals surface area contributed by atoms with Crippen LogP contribution in [0.25, 0.3) is 0 Å². The third-order valence-electron chi connectivity index (χ3n) is 4.70. The molecule has 3 aromatic rings. The second-order valence-corrected chi connectivity index (χ2v) is 8.20. The van der Waals surface area contributed by atoms with Crippen LogP contribution in [0.2, 0.25) is 0 Å². The standard InChI is InChI=1S/C22H18Br2N2/c1-15-21(16-7-9-18(23)10-8-16)25-22(17-5-3-2-4-6-17)26(15)20-13-11-19(24)12-14-20/h2-15,22H,1H3. The Hall–Kier alpha value is -1.91. The summed E-state index contributed by atoms with van der Waals surface area (Å²) in [6.07, 6.45) is -0.0222. The highest BCUT2D eigenvalue weighted by molar-refractivity contribution is 9.10. The zero-order valence-corrected chi connectivity index (χ0v) is 17.5. The topological polar surface area (TPSA) is 15.6 Å². The molecular formula is C22H18Br2N2. The molecule has 0 bridgehead atoms. The Kier molecular flexibility index (Phi) is 4.96. The van der Waals surface area contributed by atoms with Gasteiger partial charge >= 0.3 is 0 Å². The summed E-state index contributed by atoms with van der Waals surface area (Å²) in [5.74, 6) is 0. The van der Waals surface area contributed by atoms with Crippen LogP contribution in [0.5, 0.6) is 0 Å². The number of hydrogen-bond acceptors (Lipinski definition) is 2. The average Bonchev–Trinajstić information content (AvgIpc) is 3.01. The molecule has 2 nitrogen and oxygen atoms in total. The van der Waals surface area contributed by atoms with Crippen LogP contribution in [0.4, 0.5) is 5.69 Å². The number of halogens is 2. The molecule has 0 saturated carbocycles. The molecule has 26 heavy (non-hydrogen) atoms. The third kappa shape index (κ3) is 3.36. The third-order valence-corrected chi connectivity index (χ3v) is 5.76. The Morgan fingerprint density at radius 2 is 1.35 bits per heavy atom. The minimum absolute atomic E-state index is 0.0222. The van der Waals surface area contributed by atoms with Gasteiger partial charge in [0.2, 0.25) is 0 Å². The fraction of sp³-hybridized carbons (Fsp3) is 0.136. The molecular weight excluding hydrogens is 452 g/mol. The summed E-state index contributed by atoms with van der Waals surface area (Å²) >= 11 is 7.05. The number of nitrogens with zero attached hydrogens (tertiary/aromatic N) is 2. The van der Waals surface area contributed by atoms with Crippen molar-refractivity contribution in [2.24, 2.45) is 4.99 Å². The average molecular weight is 470 g/mol. The lowest BCUT2D eigenvalue weighted by Crippen LogP contribution is -2.35. The molecule has 0 fully saturated rings. The lowest BCUT2D eigenvalue weighted by molar-refractivity contribution is 0.675. The molecule has 2 atom stereocenters. The molecule has 0 amide bonds. The molecule has 0 radical (unpaired) electrons. The van der Waals surface area contributed by atoms with E-state index in [2.05, 4.69) is 116 Å². The Morgan fingerprint density at radius 3 is 1.96 bits per heavy atom. The number of hydrogen-bond donors (Lipinski definition) is 0. The van der Waals surface area contributed by atoms with Crippen molar-refractivity contribution in [1.29, 1.82) is 0 Å². The normalized spacial score (nSPS) is 19.5. The van der Waals surface area contributed by atoms with E-state index in [0.717, 1.165) is 14.7 Å². The van der Waals surface area contributed by atoms with Gasteiger partial charge in [0.15, 0.2) is 0 Å². The van der Waals surface area contributed by atoms with Gasteiger partial charge in [0.1, 0.15) is 6.17 Å². The van der Waals surface area contributed by atoms with Crippen molar-refractivity contribution in [2.45, 2.75) is 19.1 Å². The van der Waals surface area contributed by atoms with E-state index >= 15 is 0 Å². The summed E-state index contributed by atoms with van der Waals surface area (Å²) in [5, 5.41) is 0. The maximum Gasteiger partial charge on any atom is 0.148 e. The maximum atomic E-state index is 5.14. The SMILES string of the molecule is CC1C(c2ccc(Br)cc2)=NC(c2ccccc2)N1c1ccc(Br)cc1. The number of benzene rings is 3. The molecule has 2 unspecified atom stereocenters. The van der Waals surface area contributed by atoms with Crippen LogP contribution in [0.3, 0.4) is 0 Å². The molecule has 0 spiro atoms. The van der Waals surface area contributed by atoms with Crippen molar-refractivity contribution in [2.75, 3.05) is 4.90 Å². The first kappa shape index (κ1) is 17.5. The molecule has 0 N–H and O–H groups in total. The number of anilines is 1. The number of aliphatic imine (C=N–C) groups is 1. The highest BCUT2D eigenvalue weighted by atomic mass is 79.9. The van der Waals surface area contributed by atoms with E-state index < -0.39 is 0 Å². The van der Waals surface area contributed by atoms with Crippen LogP contribution in [-0.2, 0) is 0 Å². The summed E-state index contributed by atoms with van der Waals surface area (Å²) < 4.78 is 2.16. The minimum Gasteiger partial charge on any atom is -0.337 e. The fourth-order valence-corrected chi connectivity index (χ4v) is 3.95. The molecule has 3 aromatic carbocycles. The first-order valence-electron chi connectivity index (χ1n) is 8.56. The van der Waals surface area contributed by atoms with E-state index in [1.807, 2.05) is 6.07 Å². The lowest BCUT2D eigenvalue weighted by Gasteiger charge is -2.30. The van der Waals surface area contributed by atoms with E-state index in [4.69, 9.17) is 4.99 Å². The van der Waals surface area contributed by atoms with Crippen molar-refractivity contribution >= 4 is 43.3 Å². The van der Waals surface area contributed by atoms with Crippen molar-refractivity contribution < 1.29 is 0 Å². The fourth-order valence-electron chi connectivity index (χ4n) is 3.42. The summed E-state index contributed by atoms with van der Waals surface area (Å²) in [4.78, 5) is 7.52. The summed E-state index contributed by atoms with van der Waals surface area (Å²) in [5.41, 5.74) is 4.66. The monoisotopic (exact) mass is 468 g/mol. The van der Waals surface area contributed by atoms with Gasteiger partial charge in [-0.15, -0.1) is 0 Å². The summed E-state index contributed by atoms with van der Waals surface area (Å²) in [6, 6.07) is 27.6. The van der Waals surface area contributed by atoms with Gasteiger partial charge in [0, 0.05) is 14.6 Å². The predicted molar refractivity (Wildman–Crippen MR) is 116 cm³/mol. The van der Waals surface area contributed by atoms with E-state index in [-0.39, 0.29) is 12.2 Å². The second kappa shape index (κ2) is 7.37. The summed E-state index contributed by atoms with van der Waals surface area (Å²) in [6.45, 7) is 2.23. The Balaban J connectivity index is 1.79. The van der Waals surface area contributed by atoms with Gasteiger partial charge in [-0.25, -0.2) is 0 Å². The molecule has 130 valence electrons. The van der Waals surface area contributed by atoms with Gasteiger partial charge < -0.3 is 4.90 Å². The van der Waals surface area contributed by atoms with Gasteiger partial charge in [0.25, 0.3) is 0 Å². The molecule has 1 heterocycles. The van der Waals surface area contributed by atoms with E-state index in [1.54, 1.807) is 0 Å². The van der Waals surface area contributed by atoms with Crippen LogP contribution in [0, 0.1) is 0 Å². The van der Waals surface area contributed by atoms with Gasteiger partial charge in [-0.2, -0.15) is 0 Å². The van der Waals surface area contributed by atoms with Crippen LogP contribution in [0.15, 0.2) is 92.8 Å². The van der Waals surface area contributed by atoms with Crippen molar-refractivity contribution in [3.63, 3.8) is 0 Å². The van der Waals surface area contributed by atoms with E-state index in [0.29, 0.717) is 0 Å². The molecule has 4 rings (SSSR count). The van der Waals surface area contributed by atoms with Crippen molar-refractivity contribution in [1.82, 2.24) is 0 Å². The Labute approximate surface area is 170 Å². The molecule has 0 aliphatic carbocycles. The van der Waals surface area contributed by atoms with Crippen LogP contribution < -0.4 is 4.90 Å². The first-order chi connectivity index (χ1) is 12.6. The Morgan fingerprint density at radius 1 is 0.769 bits per heavy atom. The van der Waals surface area contributed by atoms with Gasteiger partial charge in [-0.3, -0.25) is 4.99 Å². The molecule has 0 saturated heterocycles. The molecule has 0 aromatic heterocycles. The maximum absolute atomic E-state index is 5.14. The quantitative estimate of drug-likeness (QED) is 0.421.